The van der Waals surface area contributed by atoms with Crippen molar-refractivity contribution in [1.29, 1.82) is 0 Å². The Balaban J connectivity index is 1.25. The molecule has 3 aliphatic heterocycles. The average molecular weight is 558 g/mol. The van der Waals surface area contributed by atoms with E-state index in [1.165, 1.54) is 16.9 Å². The number of hydrogen-bond donors (Lipinski definition) is 0. The molecule has 5 nitrogen and oxygen atoms in total. The molecule has 6 aromatic carbocycles. The molecule has 9 rings (SSSR count). The number of rotatable bonds is 3. The Bertz CT molecular complexity index is 1920. The van der Waals surface area contributed by atoms with Crippen molar-refractivity contribution in [3.8, 4) is 23.0 Å². The molecule has 0 saturated heterocycles. The molecule has 206 valence electrons. The van der Waals surface area contributed by atoms with Crippen LogP contribution in [0.2, 0.25) is 0 Å². The van der Waals surface area contributed by atoms with E-state index in [2.05, 4.69) is 124 Å². The number of hydrogen-bond acceptors (Lipinski definition) is 5. The van der Waals surface area contributed by atoms with E-state index in [1.54, 1.807) is 0 Å². The van der Waals surface area contributed by atoms with E-state index in [4.69, 9.17) is 9.47 Å². The minimum atomic E-state index is 0.0351. The van der Waals surface area contributed by atoms with Crippen LogP contribution in [0.1, 0.15) is 11.6 Å². The normalized spacial score (nSPS) is 15.8. The fourth-order valence-corrected chi connectivity index (χ4v) is 6.69. The minimum Gasteiger partial charge on any atom is -0.453 e. The second kappa shape index (κ2) is 9.43. The fraction of sp³-hybridized carbons (Fsp3) is 0.0526. The maximum atomic E-state index is 6.39. The molecule has 3 aliphatic rings. The zero-order valence-corrected chi connectivity index (χ0v) is 23.3. The van der Waals surface area contributed by atoms with Gasteiger partial charge >= 0.3 is 0 Å². The predicted molar refractivity (Wildman–Crippen MR) is 172 cm³/mol. The maximum absolute atomic E-state index is 6.39. The summed E-state index contributed by atoms with van der Waals surface area (Å²) in [6.45, 7) is 0.793. The number of benzene rings is 6. The zero-order valence-electron chi connectivity index (χ0n) is 23.3. The third kappa shape index (κ3) is 3.71. The standard InChI is InChI=1S/C38H27N3O2/c1-2-12-26(13-3-1)39-25-34(41-32-16-6-10-20-37(32)43-38-21-11-7-17-33(38)41)28-24-27(22-23-29(28)39)40-30-14-4-8-18-35(30)42-36-19-9-5-15-31(36)40/h1-24,34H,25H2. The summed E-state index contributed by atoms with van der Waals surface area (Å²) in [6.07, 6.45) is 0. The van der Waals surface area contributed by atoms with Gasteiger partial charge in [0.25, 0.3) is 0 Å². The van der Waals surface area contributed by atoms with E-state index < -0.39 is 0 Å². The number of ether oxygens (including phenoxy) is 2. The van der Waals surface area contributed by atoms with Crippen molar-refractivity contribution in [1.82, 2.24) is 0 Å². The highest BCUT2D eigenvalue weighted by molar-refractivity contribution is 5.89. The third-order valence-corrected chi connectivity index (χ3v) is 8.56. The summed E-state index contributed by atoms with van der Waals surface area (Å²) in [4.78, 5) is 7.21. The van der Waals surface area contributed by atoms with Crippen LogP contribution >= 0.6 is 0 Å². The zero-order chi connectivity index (χ0) is 28.3. The Morgan fingerprint density at radius 3 is 1.51 bits per heavy atom. The topological polar surface area (TPSA) is 28.2 Å². The van der Waals surface area contributed by atoms with Gasteiger partial charge in [-0.1, -0.05) is 66.7 Å². The summed E-state index contributed by atoms with van der Waals surface area (Å²) < 4.78 is 12.7. The molecular formula is C38H27N3O2. The third-order valence-electron chi connectivity index (χ3n) is 8.56. The van der Waals surface area contributed by atoms with Gasteiger partial charge in [0.15, 0.2) is 23.0 Å². The van der Waals surface area contributed by atoms with Crippen molar-refractivity contribution in [2.24, 2.45) is 0 Å². The molecule has 1 atom stereocenters. The monoisotopic (exact) mass is 557 g/mol. The van der Waals surface area contributed by atoms with Crippen LogP contribution in [0.3, 0.4) is 0 Å². The maximum Gasteiger partial charge on any atom is 0.151 e. The lowest BCUT2D eigenvalue weighted by atomic mass is 10.0. The summed E-state index contributed by atoms with van der Waals surface area (Å²) in [6, 6.07) is 50.8. The van der Waals surface area contributed by atoms with Crippen molar-refractivity contribution < 1.29 is 9.47 Å². The van der Waals surface area contributed by atoms with Crippen LogP contribution in [-0.4, -0.2) is 6.54 Å². The lowest BCUT2D eigenvalue weighted by Gasteiger charge is -2.37. The van der Waals surface area contributed by atoms with Gasteiger partial charge in [-0.2, -0.15) is 0 Å². The first-order valence-corrected chi connectivity index (χ1v) is 14.6. The Hall–Kier alpha value is -5.68. The molecule has 43 heavy (non-hydrogen) atoms. The van der Waals surface area contributed by atoms with E-state index in [9.17, 15) is 0 Å². The van der Waals surface area contributed by atoms with Crippen LogP contribution in [0.5, 0.6) is 23.0 Å². The number of anilines is 7. The summed E-state index contributed by atoms with van der Waals surface area (Å²) in [5.74, 6) is 3.43. The van der Waals surface area contributed by atoms with Gasteiger partial charge in [0.1, 0.15) is 0 Å². The van der Waals surface area contributed by atoms with Crippen molar-refractivity contribution in [3.63, 3.8) is 0 Å². The molecule has 5 heteroatoms. The molecule has 1 unspecified atom stereocenters. The molecule has 0 amide bonds. The lowest BCUT2D eigenvalue weighted by molar-refractivity contribution is 0.468. The first-order chi connectivity index (χ1) is 21.3. The molecule has 0 N–H and O–H groups in total. The van der Waals surface area contributed by atoms with Crippen molar-refractivity contribution >= 4 is 39.8 Å². The van der Waals surface area contributed by atoms with Crippen LogP contribution in [0, 0.1) is 0 Å². The van der Waals surface area contributed by atoms with Gasteiger partial charge in [-0.25, -0.2) is 0 Å². The molecule has 0 radical (unpaired) electrons. The van der Waals surface area contributed by atoms with E-state index in [0.717, 1.165) is 58.0 Å². The lowest BCUT2D eigenvalue weighted by Crippen LogP contribution is -2.30. The van der Waals surface area contributed by atoms with Crippen LogP contribution in [-0.2, 0) is 0 Å². The van der Waals surface area contributed by atoms with E-state index in [0.29, 0.717) is 0 Å². The molecule has 6 aromatic rings. The smallest absolute Gasteiger partial charge is 0.151 e. The Labute approximate surface area is 250 Å². The van der Waals surface area contributed by atoms with Gasteiger partial charge in [0, 0.05) is 29.2 Å². The molecule has 0 fully saturated rings. The fourth-order valence-electron chi connectivity index (χ4n) is 6.69. The van der Waals surface area contributed by atoms with Crippen molar-refractivity contribution in [3.05, 3.63) is 151 Å². The number of nitrogens with zero attached hydrogens (tertiary/aromatic N) is 3. The summed E-state index contributed by atoms with van der Waals surface area (Å²) in [5, 5.41) is 0. The summed E-state index contributed by atoms with van der Waals surface area (Å²) >= 11 is 0. The number of para-hydroxylation sites is 9. The van der Waals surface area contributed by atoms with Gasteiger partial charge in [-0.3, -0.25) is 0 Å². The van der Waals surface area contributed by atoms with Gasteiger partial charge in [-0.05, 0) is 78.9 Å². The van der Waals surface area contributed by atoms with Gasteiger partial charge in [0.05, 0.1) is 28.8 Å². The van der Waals surface area contributed by atoms with Crippen LogP contribution < -0.4 is 24.2 Å². The van der Waals surface area contributed by atoms with E-state index in [-0.39, 0.29) is 6.04 Å². The van der Waals surface area contributed by atoms with Crippen molar-refractivity contribution in [2.75, 3.05) is 21.2 Å². The van der Waals surface area contributed by atoms with Gasteiger partial charge < -0.3 is 24.2 Å². The highest BCUT2D eigenvalue weighted by atomic mass is 16.5. The Morgan fingerprint density at radius 1 is 0.442 bits per heavy atom. The SMILES string of the molecule is c1ccc(N2CC(N3c4ccccc4Oc4ccccc43)c3cc(N4c5ccccc5Oc5ccccc54)ccc32)cc1. The molecular weight excluding hydrogens is 530 g/mol. The van der Waals surface area contributed by atoms with Crippen LogP contribution in [0.4, 0.5) is 39.8 Å². The van der Waals surface area contributed by atoms with Gasteiger partial charge in [0.2, 0.25) is 0 Å². The summed E-state index contributed by atoms with van der Waals surface area (Å²) in [7, 11) is 0. The molecule has 0 aromatic heterocycles. The molecule has 0 spiro atoms. The van der Waals surface area contributed by atoms with E-state index >= 15 is 0 Å². The largest absolute Gasteiger partial charge is 0.453 e. The second-order valence-corrected chi connectivity index (χ2v) is 11.0. The molecule has 0 bridgehead atoms. The Morgan fingerprint density at radius 2 is 0.930 bits per heavy atom. The first-order valence-electron chi connectivity index (χ1n) is 14.6. The number of fused-ring (bicyclic) bond motifs is 5. The average Bonchev–Trinajstić information content (AvgIpc) is 3.45. The Kier molecular flexibility index (Phi) is 5.26. The van der Waals surface area contributed by atoms with Crippen LogP contribution in [0.25, 0.3) is 0 Å². The summed E-state index contributed by atoms with van der Waals surface area (Å²) in [5.41, 5.74) is 8.92. The van der Waals surface area contributed by atoms with Gasteiger partial charge in [-0.15, -0.1) is 0 Å². The molecule has 0 aliphatic carbocycles. The first kappa shape index (κ1) is 24.0. The highest BCUT2D eigenvalue weighted by Gasteiger charge is 2.39. The second-order valence-electron chi connectivity index (χ2n) is 11.0. The molecule has 3 heterocycles. The quantitative estimate of drug-likeness (QED) is 0.215. The minimum absolute atomic E-state index is 0.0351. The predicted octanol–water partition coefficient (Wildman–Crippen LogP) is 10.4. The van der Waals surface area contributed by atoms with E-state index in [1.807, 2.05) is 36.4 Å². The highest BCUT2D eigenvalue weighted by Crippen LogP contribution is 2.56. The van der Waals surface area contributed by atoms with Crippen molar-refractivity contribution in [2.45, 2.75) is 6.04 Å². The molecule has 0 saturated carbocycles. The van der Waals surface area contributed by atoms with Crippen LogP contribution in [0.15, 0.2) is 146 Å².